The second kappa shape index (κ2) is 4.50. The summed E-state index contributed by atoms with van der Waals surface area (Å²) >= 11 is 0. The van der Waals surface area contributed by atoms with Crippen LogP contribution < -0.4 is 4.89 Å². The molecule has 0 heterocycles. The lowest BCUT2D eigenvalue weighted by molar-refractivity contribution is -0.211. The van der Waals surface area contributed by atoms with Gasteiger partial charge in [-0.15, -0.1) is 0 Å². The minimum Gasteiger partial charge on any atom is -0.508 e. The van der Waals surface area contributed by atoms with E-state index in [9.17, 15) is 9.90 Å². The smallest absolute Gasteiger partial charge is 0.352 e. The highest BCUT2D eigenvalue weighted by molar-refractivity contribution is 5.65. The van der Waals surface area contributed by atoms with Crippen LogP contribution in [0.15, 0.2) is 18.2 Å². The fourth-order valence-electron chi connectivity index (χ4n) is 1.03. The van der Waals surface area contributed by atoms with Crippen LogP contribution in [0.3, 0.4) is 0 Å². The fourth-order valence-corrected chi connectivity index (χ4v) is 1.03. The first-order chi connectivity index (χ1) is 6.63. The van der Waals surface area contributed by atoms with Crippen molar-refractivity contribution in [3.05, 3.63) is 23.8 Å². The Labute approximate surface area is 82.0 Å². The van der Waals surface area contributed by atoms with Crippen molar-refractivity contribution in [1.29, 1.82) is 0 Å². The molecule has 0 aliphatic heterocycles. The molecule has 0 spiro atoms. The minimum atomic E-state index is -0.514. The summed E-state index contributed by atoms with van der Waals surface area (Å²) in [7, 11) is 0. The molecule has 1 aromatic rings. The highest BCUT2D eigenvalue weighted by Crippen LogP contribution is 2.23. The Morgan fingerprint density at radius 1 is 1.50 bits per heavy atom. The predicted octanol–water partition coefficient (Wildman–Crippen LogP) is 1.81. The van der Waals surface area contributed by atoms with Gasteiger partial charge in [-0.1, -0.05) is 6.92 Å². The van der Waals surface area contributed by atoms with Crippen molar-refractivity contribution >= 4 is 5.97 Å². The van der Waals surface area contributed by atoms with E-state index in [1.54, 1.807) is 12.1 Å². The third-order valence-electron chi connectivity index (χ3n) is 1.67. The summed E-state index contributed by atoms with van der Waals surface area (Å²) in [6, 6.07) is 4.59. The Morgan fingerprint density at radius 2 is 2.21 bits per heavy atom. The molecule has 0 radical (unpaired) electrons. The van der Waals surface area contributed by atoms with Crippen molar-refractivity contribution in [3.8, 4) is 11.5 Å². The molecule has 0 aliphatic rings. The van der Waals surface area contributed by atoms with Crippen molar-refractivity contribution in [1.82, 2.24) is 0 Å². The summed E-state index contributed by atoms with van der Waals surface area (Å²) in [4.78, 5) is 19.7. The summed E-state index contributed by atoms with van der Waals surface area (Å²) in [5, 5.41) is 9.18. The van der Waals surface area contributed by atoms with Crippen LogP contribution in [0, 0.1) is 0 Å². The summed E-state index contributed by atoms with van der Waals surface area (Å²) in [6.45, 7) is 3.17. The Morgan fingerprint density at radius 3 is 2.79 bits per heavy atom. The number of hydrogen-bond acceptors (Lipinski definition) is 4. The molecule has 1 N–H and O–H groups in total. The molecule has 0 aromatic heterocycles. The highest BCUT2D eigenvalue weighted by atomic mass is 17.2. The van der Waals surface area contributed by atoms with Gasteiger partial charge in [0.2, 0.25) is 0 Å². The van der Waals surface area contributed by atoms with Gasteiger partial charge >= 0.3 is 5.97 Å². The average molecular weight is 196 g/mol. The molecule has 76 valence electrons. The van der Waals surface area contributed by atoms with Crippen LogP contribution in [0.1, 0.15) is 19.4 Å². The lowest BCUT2D eigenvalue weighted by atomic mass is 10.1. The topological polar surface area (TPSA) is 55.8 Å². The molecule has 0 saturated carbocycles. The summed E-state index contributed by atoms with van der Waals surface area (Å²) in [6.07, 6.45) is 0.686. The second-order valence-corrected chi connectivity index (χ2v) is 2.80. The second-order valence-electron chi connectivity index (χ2n) is 2.80. The maximum absolute atomic E-state index is 10.5. The lowest BCUT2D eigenvalue weighted by Gasteiger charge is -2.07. The van der Waals surface area contributed by atoms with Gasteiger partial charge in [-0.3, -0.25) is 9.78 Å². The van der Waals surface area contributed by atoms with Gasteiger partial charge in [-0.2, -0.15) is 0 Å². The predicted molar refractivity (Wildman–Crippen MR) is 49.9 cm³/mol. The Bertz CT molecular complexity index is 333. The van der Waals surface area contributed by atoms with Crippen molar-refractivity contribution in [3.63, 3.8) is 0 Å². The van der Waals surface area contributed by atoms with Gasteiger partial charge in [-0.05, 0) is 24.6 Å². The molecule has 0 saturated heterocycles. The van der Waals surface area contributed by atoms with E-state index >= 15 is 0 Å². The maximum atomic E-state index is 10.5. The van der Waals surface area contributed by atoms with Crippen molar-refractivity contribution in [2.45, 2.75) is 20.3 Å². The SMILES string of the molecule is CCc1cc(O)ccc1OOC(C)=O. The zero-order valence-corrected chi connectivity index (χ0v) is 8.11. The average Bonchev–Trinajstić information content (AvgIpc) is 2.15. The third kappa shape index (κ3) is 2.65. The molecule has 4 heteroatoms. The first-order valence-electron chi connectivity index (χ1n) is 4.30. The summed E-state index contributed by atoms with van der Waals surface area (Å²) < 4.78 is 0. The third-order valence-corrected chi connectivity index (χ3v) is 1.67. The number of carbonyl (C=O) groups is 1. The molecule has 0 unspecified atom stereocenters. The molecular weight excluding hydrogens is 184 g/mol. The Kier molecular flexibility index (Phi) is 3.34. The minimum absolute atomic E-state index is 0.164. The van der Waals surface area contributed by atoms with Crippen LogP contribution in [0.2, 0.25) is 0 Å². The van der Waals surface area contributed by atoms with E-state index in [0.717, 1.165) is 5.56 Å². The van der Waals surface area contributed by atoms with Crippen LogP contribution in [0.4, 0.5) is 0 Å². The Balaban J connectivity index is 2.80. The molecular formula is C10H12O4. The highest BCUT2D eigenvalue weighted by Gasteiger charge is 2.05. The number of carbonyl (C=O) groups excluding carboxylic acids is 1. The number of aryl methyl sites for hydroxylation is 1. The van der Waals surface area contributed by atoms with Gasteiger partial charge in [0.05, 0.1) is 0 Å². The summed E-state index contributed by atoms with van der Waals surface area (Å²) in [5.41, 5.74) is 0.784. The normalized spacial score (nSPS) is 9.57. The van der Waals surface area contributed by atoms with Gasteiger partial charge < -0.3 is 5.11 Å². The van der Waals surface area contributed by atoms with Crippen LogP contribution in [-0.4, -0.2) is 11.1 Å². The first-order valence-corrected chi connectivity index (χ1v) is 4.30. The van der Waals surface area contributed by atoms with E-state index in [1.807, 2.05) is 6.92 Å². The van der Waals surface area contributed by atoms with E-state index in [0.29, 0.717) is 12.2 Å². The van der Waals surface area contributed by atoms with Gasteiger partial charge in [0.25, 0.3) is 0 Å². The number of rotatable bonds is 3. The van der Waals surface area contributed by atoms with E-state index in [2.05, 4.69) is 4.89 Å². The van der Waals surface area contributed by atoms with Crippen molar-refractivity contribution < 1.29 is 19.7 Å². The Hall–Kier alpha value is -1.71. The van der Waals surface area contributed by atoms with Crippen LogP contribution in [0.25, 0.3) is 0 Å². The molecule has 1 aromatic carbocycles. The molecule has 4 nitrogen and oxygen atoms in total. The van der Waals surface area contributed by atoms with E-state index in [1.165, 1.54) is 13.0 Å². The largest absolute Gasteiger partial charge is 0.508 e. The first kappa shape index (κ1) is 10.4. The van der Waals surface area contributed by atoms with Crippen LogP contribution in [-0.2, 0) is 16.1 Å². The fraction of sp³-hybridized carbons (Fsp3) is 0.300. The number of phenols is 1. The van der Waals surface area contributed by atoms with Gasteiger partial charge in [0, 0.05) is 12.5 Å². The monoisotopic (exact) mass is 196 g/mol. The quantitative estimate of drug-likeness (QED) is 0.591. The lowest BCUT2D eigenvalue weighted by Crippen LogP contribution is -2.04. The van der Waals surface area contributed by atoms with Gasteiger partial charge in [0.1, 0.15) is 5.75 Å². The molecule has 0 aliphatic carbocycles. The maximum Gasteiger partial charge on any atom is 0.352 e. The molecule has 0 atom stereocenters. The molecule has 1 rings (SSSR count). The number of hydrogen-bond donors (Lipinski definition) is 1. The molecule has 0 amide bonds. The van der Waals surface area contributed by atoms with E-state index in [-0.39, 0.29) is 5.75 Å². The number of phenolic OH excluding ortho intramolecular Hbond substituents is 1. The standard InChI is InChI=1S/C10H12O4/c1-3-8-6-9(12)4-5-10(8)14-13-7(2)11/h4-6,12H,3H2,1-2H3. The van der Waals surface area contributed by atoms with E-state index in [4.69, 9.17) is 4.89 Å². The van der Waals surface area contributed by atoms with Gasteiger partial charge in [0.15, 0.2) is 5.75 Å². The van der Waals surface area contributed by atoms with Gasteiger partial charge in [-0.25, -0.2) is 4.79 Å². The molecule has 0 bridgehead atoms. The molecule has 0 fully saturated rings. The number of benzene rings is 1. The van der Waals surface area contributed by atoms with E-state index < -0.39 is 5.97 Å². The van der Waals surface area contributed by atoms with Crippen LogP contribution >= 0.6 is 0 Å². The van der Waals surface area contributed by atoms with Crippen molar-refractivity contribution in [2.75, 3.05) is 0 Å². The summed E-state index contributed by atoms with van der Waals surface area (Å²) in [5.74, 6) is 0.0950. The molecule has 14 heavy (non-hydrogen) atoms. The van der Waals surface area contributed by atoms with Crippen LogP contribution in [0.5, 0.6) is 11.5 Å². The zero-order chi connectivity index (χ0) is 10.6. The van der Waals surface area contributed by atoms with Crippen molar-refractivity contribution in [2.24, 2.45) is 0 Å². The zero-order valence-electron chi connectivity index (χ0n) is 8.11. The number of aromatic hydroxyl groups is 1.